The molecule has 19 heavy (non-hydrogen) atoms. The molecule has 2 aromatic rings. The van der Waals surface area contributed by atoms with Gasteiger partial charge in [-0.15, -0.1) is 0 Å². The van der Waals surface area contributed by atoms with E-state index in [0.29, 0.717) is 24.7 Å². The summed E-state index contributed by atoms with van der Waals surface area (Å²) >= 11 is 0. The second-order valence-electron chi connectivity index (χ2n) is 5.15. The zero-order chi connectivity index (χ0) is 13.3. The van der Waals surface area contributed by atoms with Crippen LogP contribution in [0, 0.1) is 0 Å². The summed E-state index contributed by atoms with van der Waals surface area (Å²) in [5, 5.41) is 4.03. The number of ether oxygens (including phenoxy) is 1. The lowest BCUT2D eigenvalue weighted by Gasteiger charge is -2.03. The standard InChI is InChI=1S/C14H17N3O2/c1-3-18-12-6-4-5-10(15-12)9-11-16-13(19-17-11)14(2)7-8-14/h4-6H,3,7-9H2,1-2H3. The molecule has 1 aliphatic carbocycles. The molecule has 0 spiro atoms. The van der Waals surface area contributed by atoms with E-state index in [1.807, 2.05) is 25.1 Å². The van der Waals surface area contributed by atoms with Crippen LogP contribution in [0.4, 0.5) is 0 Å². The van der Waals surface area contributed by atoms with Gasteiger partial charge in [0.25, 0.3) is 0 Å². The molecule has 2 heterocycles. The van der Waals surface area contributed by atoms with E-state index in [-0.39, 0.29) is 5.41 Å². The molecule has 0 saturated heterocycles. The van der Waals surface area contributed by atoms with E-state index in [9.17, 15) is 0 Å². The molecular formula is C14H17N3O2. The van der Waals surface area contributed by atoms with Gasteiger partial charge in [-0.2, -0.15) is 4.98 Å². The Morgan fingerprint density at radius 2 is 2.16 bits per heavy atom. The van der Waals surface area contributed by atoms with Crippen molar-refractivity contribution in [2.24, 2.45) is 0 Å². The lowest BCUT2D eigenvalue weighted by atomic mass is 10.1. The van der Waals surface area contributed by atoms with E-state index in [0.717, 1.165) is 24.4 Å². The normalized spacial score (nSPS) is 16.3. The van der Waals surface area contributed by atoms with E-state index < -0.39 is 0 Å². The highest BCUT2D eigenvalue weighted by Crippen LogP contribution is 2.46. The molecule has 100 valence electrons. The van der Waals surface area contributed by atoms with Crippen molar-refractivity contribution in [2.75, 3.05) is 6.61 Å². The fraction of sp³-hybridized carbons (Fsp3) is 0.500. The van der Waals surface area contributed by atoms with Crippen LogP contribution < -0.4 is 4.74 Å². The zero-order valence-corrected chi connectivity index (χ0v) is 11.2. The quantitative estimate of drug-likeness (QED) is 0.825. The van der Waals surface area contributed by atoms with Crippen molar-refractivity contribution in [1.82, 2.24) is 15.1 Å². The molecule has 0 aromatic carbocycles. The second-order valence-corrected chi connectivity index (χ2v) is 5.15. The monoisotopic (exact) mass is 259 g/mol. The van der Waals surface area contributed by atoms with Gasteiger partial charge in [0.15, 0.2) is 5.82 Å². The third-order valence-electron chi connectivity index (χ3n) is 3.40. The van der Waals surface area contributed by atoms with Gasteiger partial charge in [-0.25, -0.2) is 4.98 Å². The number of nitrogens with zero attached hydrogens (tertiary/aromatic N) is 3. The maximum absolute atomic E-state index is 5.38. The minimum atomic E-state index is 0.117. The first-order valence-electron chi connectivity index (χ1n) is 6.61. The second kappa shape index (κ2) is 4.64. The minimum absolute atomic E-state index is 0.117. The Morgan fingerprint density at radius 3 is 2.89 bits per heavy atom. The van der Waals surface area contributed by atoms with Gasteiger partial charge in [0.1, 0.15) is 0 Å². The Kier molecular flexibility index (Phi) is 2.97. The summed E-state index contributed by atoms with van der Waals surface area (Å²) in [6, 6.07) is 5.72. The Hall–Kier alpha value is -1.91. The van der Waals surface area contributed by atoms with Gasteiger partial charge in [0.2, 0.25) is 11.8 Å². The average Bonchev–Trinajstić information content (AvgIpc) is 2.97. The molecule has 0 bridgehead atoms. The van der Waals surface area contributed by atoms with Crippen molar-refractivity contribution in [2.45, 2.75) is 38.5 Å². The Bertz CT molecular complexity index is 576. The van der Waals surface area contributed by atoms with E-state index in [4.69, 9.17) is 9.26 Å². The molecule has 0 atom stereocenters. The number of rotatable bonds is 5. The van der Waals surface area contributed by atoms with Crippen LogP contribution in [-0.2, 0) is 11.8 Å². The van der Waals surface area contributed by atoms with Crippen LogP contribution in [0.15, 0.2) is 22.7 Å². The summed E-state index contributed by atoms with van der Waals surface area (Å²) in [6.07, 6.45) is 2.83. The molecule has 5 heteroatoms. The van der Waals surface area contributed by atoms with Crippen molar-refractivity contribution in [3.63, 3.8) is 0 Å². The van der Waals surface area contributed by atoms with Gasteiger partial charge in [-0.3, -0.25) is 0 Å². The smallest absolute Gasteiger partial charge is 0.232 e. The third kappa shape index (κ3) is 2.59. The molecule has 0 aliphatic heterocycles. The maximum Gasteiger partial charge on any atom is 0.232 e. The van der Waals surface area contributed by atoms with Crippen LogP contribution in [-0.4, -0.2) is 21.7 Å². The fourth-order valence-electron chi connectivity index (χ4n) is 1.92. The van der Waals surface area contributed by atoms with Crippen LogP contribution in [0.3, 0.4) is 0 Å². The largest absolute Gasteiger partial charge is 0.478 e. The summed E-state index contributed by atoms with van der Waals surface area (Å²) in [6.45, 7) is 4.70. The zero-order valence-electron chi connectivity index (χ0n) is 11.2. The summed E-state index contributed by atoms with van der Waals surface area (Å²) in [7, 11) is 0. The van der Waals surface area contributed by atoms with E-state index in [1.54, 1.807) is 0 Å². The highest BCUT2D eigenvalue weighted by molar-refractivity contribution is 5.19. The van der Waals surface area contributed by atoms with E-state index in [1.165, 1.54) is 0 Å². The van der Waals surface area contributed by atoms with E-state index in [2.05, 4.69) is 22.0 Å². The van der Waals surface area contributed by atoms with Crippen molar-refractivity contribution in [3.8, 4) is 5.88 Å². The molecule has 0 unspecified atom stereocenters. The third-order valence-corrected chi connectivity index (χ3v) is 3.40. The molecule has 0 amide bonds. The predicted molar refractivity (Wildman–Crippen MR) is 69.1 cm³/mol. The number of hydrogen-bond acceptors (Lipinski definition) is 5. The average molecular weight is 259 g/mol. The molecule has 0 radical (unpaired) electrons. The van der Waals surface area contributed by atoms with Gasteiger partial charge in [-0.1, -0.05) is 18.1 Å². The van der Waals surface area contributed by atoms with Crippen molar-refractivity contribution in [3.05, 3.63) is 35.6 Å². The topological polar surface area (TPSA) is 61.0 Å². The molecular weight excluding hydrogens is 242 g/mol. The molecule has 0 N–H and O–H groups in total. The van der Waals surface area contributed by atoms with Crippen molar-refractivity contribution >= 4 is 0 Å². The van der Waals surface area contributed by atoms with Crippen LogP contribution in [0.1, 0.15) is 44.1 Å². The van der Waals surface area contributed by atoms with Crippen LogP contribution in [0.2, 0.25) is 0 Å². The van der Waals surface area contributed by atoms with Gasteiger partial charge in [0, 0.05) is 11.5 Å². The number of aromatic nitrogens is 3. The lowest BCUT2D eigenvalue weighted by Crippen LogP contribution is -2.01. The number of pyridine rings is 1. The first-order valence-corrected chi connectivity index (χ1v) is 6.61. The van der Waals surface area contributed by atoms with Gasteiger partial charge < -0.3 is 9.26 Å². The van der Waals surface area contributed by atoms with Gasteiger partial charge in [-0.05, 0) is 25.8 Å². The molecule has 2 aromatic heterocycles. The molecule has 1 saturated carbocycles. The Balaban J connectivity index is 1.73. The molecule has 1 aliphatic rings. The molecule has 5 nitrogen and oxygen atoms in total. The molecule has 1 fully saturated rings. The fourth-order valence-corrected chi connectivity index (χ4v) is 1.92. The summed E-state index contributed by atoms with van der Waals surface area (Å²) in [4.78, 5) is 8.86. The molecule has 3 rings (SSSR count). The highest BCUT2D eigenvalue weighted by Gasteiger charge is 2.44. The first-order chi connectivity index (χ1) is 9.19. The first kappa shape index (κ1) is 12.1. The van der Waals surface area contributed by atoms with Crippen molar-refractivity contribution in [1.29, 1.82) is 0 Å². The maximum atomic E-state index is 5.38. The Labute approximate surface area is 112 Å². The number of hydrogen-bond donors (Lipinski definition) is 0. The summed E-state index contributed by atoms with van der Waals surface area (Å²) in [5.41, 5.74) is 1.01. The SMILES string of the molecule is CCOc1cccc(Cc2noc(C3(C)CC3)n2)n1. The predicted octanol–water partition coefficient (Wildman–Crippen LogP) is 2.51. The van der Waals surface area contributed by atoms with Gasteiger partial charge in [0.05, 0.1) is 18.7 Å². The highest BCUT2D eigenvalue weighted by atomic mass is 16.5. The summed E-state index contributed by atoms with van der Waals surface area (Å²) < 4.78 is 10.7. The Morgan fingerprint density at radius 1 is 1.32 bits per heavy atom. The minimum Gasteiger partial charge on any atom is -0.478 e. The van der Waals surface area contributed by atoms with E-state index >= 15 is 0 Å². The van der Waals surface area contributed by atoms with Crippen LogP contribution >= 0.6 is 0 Å². The van der Waals surface area contributed by atoms with Crippen molar-refractivity contribution < 1.29 is 9.26 Å². The van der Waals surface area contributed by atoms with Crippen LogP contribution in [0.5, 0.6) is 5.88 Å². The lowest BCUT2D eigenvalue weighted by molar-refractivity contribution is 0.326. The summed E-state index contributed by atoms with van der Waals surface area (Å²) in [5.74, 6) is 2.07. The van der Waals surface area contributed by atoms with Crippen LogP contribution in [0.25, 0.3) is 0 Å². The van der Waals surface area contributed by atoms with Gasteiger partial charge >= 0.3 is 0 Å².